The molecule has 1 heterocycles. The molecule has 1 aromatic rings. The Morgan fingerprint density at radius 2 is 1.87 bits per heavy atom. The zero-order valence-electron chi connectivity index (χ0n) is 14.4. The molecule has 2 rings (SSSR count). The fourth-order valence-corrected chi connectivity index (χ4v) is 2.73. The van der Waals surface area contributed by atoms with Crippen LogP contribution in [0.25, 0.3) is 0 Å². The Bertz CT molecular complexity index is 491. The van der Waals surface area contributed by atoms with Gasteiger partial charge in [-0.1, -0.05) is 18.2 Å². The van der Waals surface area contributed by atoms with Gasteiger partial charge in [-0.15, -0.1) is 0 Å². The molecule has 1 saturated heterocycles. The van der Waals surface area contributed by atoms with Crippen molar-refractivity contribution in [3.8, 4) is 0 Å². The van der Waals surface area contributed by atoms with Crippen molar-refractivity contribution in [2.75, 3.05) is 39.3 Å². The van der Waals surface area contributed by atoms with E-state index in [-0.39, 0.29) is 11.5 Å². The van der Waals surface area contributed by atoms with Gasteiger partial charge in [-0.3, -0.25) is 4.79 Å². The molecule has 1 aromatic carbocycles. The van der Waals surface area contributed by atoms with Crippen molar-refractivity contribution in [2.24, 2.45) is 0 Å². The highest BCUT2D eigenvalue weighted by Crippen LogP contribution is 2.07. The number of ether oxygens (including phenoxy) is 1. The number of amides is 1. The highest BCUT2D eigenvalue weighted by atomic mass is 16.5. The molecule has 0 aliphatic carbocycles. The Balaban J connectivity index is 1.74. The lowest BCUT2D eigenvalue weighted by atomic mass is 10.1. The van der Waals surface area contributed by atoms with Crippen molar-refractivity contribution in [3.63, 3.8) is 0 Å². The minimum atomic E-state index is -0.458. The van der Waals surface area contributed by atoms with Gasteiger partial charge < -0.3 is 19.6 Å². The van der Waals surface area contributed by atoms with E-state index >= 15 is 0 Å². The first-order chi connectivity index (χ1) is 10.8. The largest absolute Gasteiger partial charge is 0.385 e. The van der Waals surface area contributed by atoms with E-state index in [1.165, 1.54) is 4.90 Å². The van der Waals surface area contributed by atoms with Gasteiger partial charge in [0.05, 0.1) is 38.4 Å². The molecule has 0 spiro atoms. The summed E-state index contributed by atoms with van der Waals surface area (Å²) >= 11 is 0. The second kappa shape index (κ2) is 7.90. The average molecular weight is 321 g/mol. The monoisotopic (exact) mass is 321 g/mol. The van der Waals surface area contributed by atoms with Gasteiger partial charge in [0.2, 0.25) is 0 Å². The topological polar surface area (TPSA) is 54.2 Å². The smallest absolute Gasteiger partial charge is 0.254 e. The van der Waals surface area contributed by atoms with Crippen molar-refractivity contribution in [2.45, 2.75) is 32.5 Å². The summed E-state index contributed by atoms with van der Waals surface area (Å²) in [6.45, 7) is 10.2. The van der Waals surface area contributed by atoms with Crippen LogP contribution >= 0.6 is 0 Å². The van der Waals surface area contributed by atoms with Crippen LogP contribution in [0.4, 0.5) is 0 Å². The lowest BCUT2D eigenvalue weighted by Gasteiger charge is -2.33. The number of piperazine rings is 1. The number of rotatable bonds is 5. The van der Waals surface area contributed by atoms with E-state index in [2.05, 4.69) is 0 Å². The molecule has 0 bridgehead atoms. The molecule has 5 heteroatoms. The van der Waals surface area contributed by atoms with E-state index in [1.54, 1.807) is 0 Å². The highest BCUT2D eigenvalue weighted by Gasteiger charge is 2.26. The first-order valence-electron chi connectivity index (χ1n) is 8.35. The molecule has 0 aromatic heterocycles. The summed E-state index contributed by atoms with van der Waals surface area (Å²) in [5.41, 5.74) is 0.520. The Hall–Kier alpha value is -1.43. The quantitative estimate of drug-likeness (QED) is 0.815. The Labute approximate surface area is 138 Å². The predicted octanol–water partition coefficient (Wildman–Crippen LogP) is 0.203. The number of carbonyl (C=O) groups excluding carboxylic acids is 1. The summed E-state index contributed by atoms with van der Waals surface area (Å²) in [7, 11) is 0. The van der Waals surface area contributed by atoms with E-state index < -0.39 is 6.10 Å². The van der Waals surface area contributed by atoms with Crippen molar-refractivity contribution < 1.29 is 19.5 Å². The zero-order valence-corrected chi connectivity index (χ0v) is 14.4. The van der Waals surface area contributed by atoms with Gasteiger partial charge in [-0.25, -0.2) is 0 Å². The first kappa shape index (κ1) is 17.9. The lowest BCUT2D eigenvalue weighted by molar-refractivity contribution is -0.907. The van der Waals surface area contributed by atoms with Gasteiger partial charge in [-0.2, -0.15) is 0 Å². The number of hydrogen-bond acceptors (Lipinski definition) is 3. The van der Waals surface area contributed by atoms with Gasteiger partial charge in [0, 0.05) is 5.56 Å². The Morgan fingerprint density at radius 3 is 2.43 bits per heavy atom. The highest BCUT2D eigenvalue weighted by molar-refractivity contribution is 5.94. The molecular formula is C18H29N2O3+. The van der Waals surface area contributed by atoms with Crippen molar-refractivity contribution >= 4 is 5.91 Å². The fourth-order valence-electron chi connectivity index (χ4n) is 2.73. The SMILES string of the molecule is CC(C)(C)OC[C@@H](O)C[NH+]1CCN(C(=O)c2ccccc2)CC1. The molecule has 1 fully saturated rings. The van der Waals surface area contributed by atoms with Crippen LogP contribution in [-0.2, 0) is 4.74 Å². The maximum Gasteiger partial charge on any atom is 0.254 e. The van der Waals surface area contributed by atoms with Gasteiger partial charge >= 0.3 is 0 Å². The second-order valence-corrected chi connectivity index (χ2v) is 7.19. The van der Waals surface area contributed by atoms with Crippen LogP contribution in [0.5, 0.6) is 0 Å². The predicted molar refractivity (Wildman–Crippen MR) is 89.6 cm³/mol. The number of benzene rings is 1. The molecule has 1 aliphatic heterocycles. The third-order valence-corrected chi connectivity index (χ3v) is 4.01. The molecule has 1 atom stereocenters. The summed E-state index contributed by atoms with van der Waals surface area (Å²) in [5, 5.41) is 10.1. The maximum absolute atomic E-state index is 12.4. The van der Waals surface area contributed by atoms with E-state index in [9.17, 15) is 9.90 Å². The van der Waals surface area contributed by atoms with Crippen LogP contribution < -0.4 is 4.90 Å². The average Bonchev–Trinajstić information content (AvgIpc) is 2.53. The summed E-state index contributed by atoms with van der Waals surface area (Å²) in [5.74, 6) is 0.0984. The van der Waals surface area contributed by atoms with Gasteiger partial charge in [0.15, 0.2) is 0 Å². The number of aliphatic hydroxyl groups is 1. The molecule has 1 aliphatic rings. The van der Waals surface area contributed by atoms with Gasteiger partial charge in [0.25, 0.3) is 5.91 Å². The summed E-state index contributed by atoms with van der Waals surface area (Å²) in [6, 6.07) is 9.41. The standard InChI is InChI=1S/C18H28N2O3/c1-18(2,3)23-14-16(21)13-19-9-11-20(12-10-19)17(22)15-7-5-4-6-8-15/h4-8,16,21H,9-14H2,1-3H3/p+1/t16-/m0/s1. The number of nitrogens with zero attached hydrogens (tertiary/aromatic N) is 1. The number of hydrogen-bond donors (Lipinski definition) is 2. The molecule has 0 saturated carbocycles. The van der Waals surface area contributed by atoms with Crippen molar-refractivity contribution in [3.05, 3.63) is 35.9 Å². The number of carbonyl (C=O) groups is 1. The van der Waals surface area contributed by atoms with Gasteiger partial charge in [-0.05, 0) is 32.9 Å². The molecule has 0 unspecified atom stereocenters. The molecule has 0 radical (unpaired) electrons. The molecule has 23 heavy (non-hydrogen) atoms. The third kappa shape index (κ3) is 5.94. The first-order valence-corrected chi connectivity index (χ1v) is 8.35. The van der Waals surface area contributed by atoms with E-state index in [4.69, 9.17) is 4.74 Å². The number of nitrogens with one attached hydrogen (secondary N) is 1. The van der Waals surface area contributed by atoms with E-state index in [0.717, 1.165) is 31.7 Å². The maximum atomic E-state index is 12.4. The molecule has 128 valence electrons. The minimum absolute atomic E-state index is 0.0984. The lowest BCUT2D eigenvalue weighted by Crippen LogP contribution is -3.15. The van der Waals surface area contributed by atoms with Crippen molar-refractivity contribution in [1.82, 2.24) is 4.90 Å². The number of quaternary nitrogens is 1. The Kier molecular flexibility index (Phi) is 6.16. The minimum Gasteiger partial charge on any atom is -0.385 e. The fraction of sp³-hybridized carbons (Fsp3) is 0.611. The van der Waals surface area contributed by atoms with E-state index in [1.807, 2.05) is 56.0 Å². The van der Waals surface area contributed by atoms with Crippen LogP contribution in [0.2, 0.25) is 0 Å². The normalized spacial score (nSPS) is 18.0. The summed E-state index contributed by atoms with van der Waals surface area (Å²) in [4.78, 5) is 15.6. The third-order valence-electron chi connectivity index (χ3n) is 4.01. The number of aliphatic hydroxyl groups excluding tert-OH is 1. The molecular weight excluding hydrogens is 292 g/mol. The molecule has 1 amide bonds. The van der Waals surface area contributed by atoms with Crippen LogP contribution in [0.1, 0.15) is 31.1 Å². The van der Waals surface area contributed by atoms with Crippen molar-refractivity contribution in [1.29, 1.82) is 0 Å². The van der Waals surface area contributed by atoms with Crippen LogP contribution in [0.15, 0.2) is 30.3 Å². The Morgan fingerprint density at radius 1 is 1.26 bits per heavy atom. The van der Waals surface area contributed by atoms with Gasteiger partial charge in [0.1, 0.15) is 12.6 Å². The zero-order chi connectivity index (χ0) is 16.9. The van der Waals surface area contributed by atoms with Crippen LogP contribution in [0, 0.1) is 0 Å². The van der Waals surface area contributed by atoms with Crippen LogP contribution in [0.3, 0.4) is 0 Å². The summed E-state index contributed by atoms with van der Waals surface area (Å²) in [6.07, 6.45) is -0.458. The van der Waals surface area contributed by atoms with E-state index in [0.29, 0.717) is 13.2 Å². The molecule has 5 nitrogen and oxygen atoms in total. The summed E-state index contributed by atoms with van der Waals surface area (Å²) < 4.78 is 5.62. The molecule has 2 N–H and O–H groups in total. The van der Waals surface area contributed by atoms with Crippen LogP contribution in [-0.4, -0.2) is 66.9 Å². The second-order valence-electron chi connectivity index (χ2n) is 7.19.